The van der Waals surface area contributed by atoms with Crippen molar-refractivity contribution in [3.63, 3.8) is 0 Å². The lowest BCUT2D eigenvalue weighted by atomic mass is 9.74. The molecule has 4 heteroatoms. The number of ketones is 2. The maximum absolute atomic E-state index is 12.3. The molecule has 3 N–H and O–H groups in total. The Balaban J connectivity index is 2.14. The fraction of sp³-hybridized carbons (Fsp3) is 0.375. The Morgan fingerprint density at radius 3 is 2.35 bits per heavy atom. The van der Waals surface area contributed by atoms with Crippen molar-refractivity contribution >= 4 is 17.3 Å². The monoisotopic (exact) mass is 271 g/mol. The molecule has 1 aromatic rings. The van der Waals surface area contributed by atoms with Crippen LogP contribution in [0.1, 0.15) is 41.6 Å². The van der Waals surface area contributed by atoms with Crippen molar-refractivity contribution in [1.82, 2.24) is 0 Å². The maximum Gasteiger partial charge on any atom is 0.234 e. The molecular formula is C16H17NO3. The maximum atomic E-state index is 12.3. The number of aliphatic hydroxyl groups is 1. The molecule has 2 aliphatic rings. The molecule has 1 fully saturated rings. The third-order valence-electron chi connectivity index (χ3n) is 4.32. The largest absolute Gasteiger partial charge is 0.507 e. The molecule has 1 aromatic carbocycles. The number of carbonyl (C=O) groups is 2. The zero-order chi connectivity index (χ0) is 14.3. The van der Waals surface area contributed by atoms with Gasteiger partial charge in [-0.3, -0.25) is 9.59 Å². The number of carbonyl (C=O) groups excluding carboxylic acids is 2. The molecule has 0 amide bonds. The Labute approximate surface area is 117 Å². The van der Waals surface area contributed by atoms with Crippen LogP contribution in [0.4, 0.5) is 0 Å². The number of rotatable bonds is 1. The smallest absolute Gasteiger partial charge is 0.234 e. The number of aliphatic hydroxyl groups excluding tert-OH is 1. The summed E-state index contributed by atoms with van der Waals surface area (Å²) in [5, 5.41) is 10.4. The van der Waals surface area contributed by atoms with Gasteiger partial charge in [0.1, 0.15) is 5.76 Å². The summed E-state index contributed by atoms with van der Waals surface area (Å²) in [6.45, 7) is 0. The van der Waals surface area contributed by atoms with E-state index in [0.717, 1.165) is 25.7 Å². The van der Waals surface area contributed by atoms with Crippen LogP contribution in [0, 0.1) is 5.92 Å². The molecule has 2 aliphatic carbocycles. The second-order valence-corrected chi connectivity index (χ2v) is 5.52. The van der Waals surface area contributed by atoms with Crippen LogP contribution >= 0.6 is 0 Å². The molecule has 2 atom stereocenters. The normalized spacial score (nSPS) is 26.6. The summed E-state index contributed by atoms with van der Waals surface area (Å²) in [6, 6.07) is 6.51. The molecule has 1 saturated carbocycles. The Hall–Kier alpha value is -1.94. The molecule has 0 bridgehead atoms. The summed E-state index contributed by atoms with van der Waals surface area (Å²) in [5.41, 5.74) is 7.04. The van der Waals surface area contributed by atoms with Gasteiger partial charge in [-0.25, -0.2) is 0 Å². The second-order valence-electron chi connectivity index (χ2n) is 5.52. The summed E-state index contributed by atoms with van der Waals surface area (Å²) in [7, 11) is 0. The molecule has 4 nitrogen and oxygen atoms in total. The third kappa shape index (κ3) is 1.88. The van der Waals surface area contributed by atoms with E-state index in [1.807, 2.05) is 0 Å². The van der Waals surface area contributed by atoms with Gasteiger partial charge < -0.3 is 10.8 Å². The molecule has 104 valence electrons. The van der Waals surface area contributed by atoms with Crippen LogP contribution < -0.4 is 5.73 Å². The lowest BCUT2D eigenvalue weighted by Crippen LogP contribution is -2.39. The highest BCUT2D eigenvalue weighted by molar-refractivity contribution is 6.52. The zero-order valence-electron chi connectivity index (χ0n) is 11.1. The minimum Gasteiger partial charge on any atom is -0.507 e. The standard InChI is InChI=1S/C16H17NO3/c17-12-8-4-3-7-11(12)13-14(18)9-5-1-2-6-10(9)15(19)16(13)20/h1-2,5-6,11-12,18H,3-4,7-8,17H2/t11-,12-/m0/s1. The summed E-state index contributed by atoms with van der Waals surface area (Å²) in [4.78, 5) is 24.5. The average molecular weight is 271 g/mol. The molecule has 3 rings (SSSR count). The van der Waals surface area contributed by atoms with Gasteiger partial charge in [0.15, 0.2) is 0 Å². The van der Waals surface area contributed by atoms with E-state index in [2.05, 4.69) is 0 Å². The Kier molecular flexibility index (Phi) is 3.18. The Bertz CT molecular complexity index is 618. The van der Waals surface area contributed by atoms with Gasteiger partial charge in [-0.05, 0) is 12.8 Å². The van der Waals surface area contributed by atoms with Gasteiger partial charge in [0, 0.05) is 23.1 Å². The van der Waals surface area contributed by atoms with Crippen molar-refractivity contribution in [3.8, 4) is 0 Å². The van der Waals surface area contributed by atoms with Crippen LogP contribution in [0.25, 0.3) is 5.76 Å². The van der Waals surface area contributed by atoms with E-state index in [4.69, 9.17) is 5.73 Å². The first-order valence-corrected chi connectivity index (χ1v) is 6.98. The highest BCUT2D eigenvalue weighted by Crippen LogP contribution is 2.37. The highest BCUT2D eigenvalue weighted by Gasteiger charge is 2.39. The minimum atomic E-state index is -0.594. The van der Waals surface area contributed by atoms with Crippen molar-refractivity contribution in [1.29, 1.82) is 0 Å². The summed E-state index contributed by atoms with van der Waals surface area (Å²) in [5.74, 6) is -1.41. The Morgan fingerprint density at radius 1 is 1.00 bits per heavy atom. The van der Waals surface area contributed by atoms with E-state index >= 15 is 0 Å². The number of benzene rings is 1. The van der Waals surface area contributed by atoms with E-state index in [9.17, 15) is 14.7 Å². The predicted octanol–water partition coefficient (Wildman–Crippen LogP) is 2.24. The van der Waals surface area contributed by atoms with Crippen molar-refractivity contribution in [2.24, 2.45) is 11.7 Å². The lowest BCUT2D eigenvalue weighted by molar-refractivity contribution is -0.112. The highest BCUT2D eigenvalue weighted by atomic mass is 16.3. The molecule has 0 radical (unpaired) electrons. The molecule has 0 spiro atoms. The summed E-state index contributed by atoms with van der Waals surface area (Å²) in [6.07, 6.45) is 3.58. The zero-order valence-corrected chi connectivity index (χ0v) is 11.1. The van der Waals surface area contributed by atoms with Crippen LogP contribution in [0.3, 0.4) is 0 Å². The number of hydrogen-bond donors (Lipinski definition) is 2. The van der Waals surface area contributed by atoms with Gasteiger partial charge in [-0.2, -0.15) is 0 Å². The number of Topliss-reactive ketones (excluding diaryl/α,β-unsaturated/α-hetero) is 2. The minimum absolute atomic E-state index is 0.0625. The predicted molar refractivity (Wildman–Crippen MR) is 75.3 cm³/mol. The first kappa shape index (κ1) is 13.1. The van der Waals surface area contributed by atoms with Gasteiger partial charge in [0.25, 0.3) is 0 Å². The van der Waals surface area contributed by atoms with E-state index in [0.29, 0.717) is 5.56 Å². The van der Waals surface area contributed by atoms with Gasteiger partial charge in [-0.15, -0.1) is 0 Å². The van der Waals surface area contributed by atoms with E-state index in [-0.39, 0.29) is 28.9 Å². The fourth-order valence-corrected chi connectivity index (χ4v) is 3.25. The second kappa shape index (κ2) is 4.87. The van der Waals surface area contributed by atoms with Crippen LogP contribution in [-0.2, 0) is 4.79 Å². The van der Waals surface area contributed by atoms with Gasteiger partial charge in [-0.1, -0.05) is 37.1 Å². The van der Waals surface area contributed by atoms with Crippen LogP contribution in [0.2, 0.25) is 0 Å². The summed E-state index contributed by atoms with van der Waals surface area (Å²) < 4.78 is 0. The van der Waals surface area contributed by atoms with E-state index in [1.165, 1.54) is 0 Å². The number of hydrogen-bond acceptors (Lipinski definition) is 4. The number of nitrogens with two attached hydrogens (primary N) is 1. The molecule has 0 aliphatic heterocycles. The van der Waals surface area contributed by atoms with Gasteiger partial charge >= 0.3 is 0 Å². The fourth-order valence-electron chi connectivity index (χ4n) is 3.25. The van der Waals surface area contributed by atoms with Gasteiger partial charge in [0.05, 0.1) is 5.57 Å². The third-order valence-corrected chi connectivity index (χ3v) is 4.32. The molecule has 0 unspecified atom stereocenters. The quantitative estimate of drug-likeness (QED) is 0.768. The van der Waals surface area contributed by atoms with Crippen molar-refractivity contribution in [2.45, 2.75) is 31.7 Å². The van der Waals surface area contributed by atoms with Crippen molar-refractivity contribution < 1.29 is 14.7 Å². The van der Waals surface area contributed by atoms with Gasteiger partial charge in [0.2, 0.25) is 11.6 Å². The summed E-state index contributed by atoms with van der Waals surface area (Å²) >= 11 is 0. The Morgan fingerprint density at radius 2 is 1.65 bits per heavy atom. The average Bonchev–Trinajstić information content (AvgIpc) is 2.47. The molecular weight excluding hydrogens is 254 g/mol. The lowest BCUT2D eigenvalue weighted by Gasteiger charge is -2.32. The first-order chi connectivity index (χ1) is 9.61. The first-order valence-electron chi connectivity index (χ1n) is 6.98. The molecule has 0 aromatic heterocycles. The topological polar surface area (TPSA) is 80.4 Å². The van der Waals surface area contributed by atoms with Crippen LogP contribution in [0.15, 0.2) is 29.8 Å². The van der Waals surface area contributed by atoms with Crippen LogP contribution in [-0.4, -0.2) is 22.7 Å². The van der Waals surface area contributed by atoms with Crippen LogP contribution in [0.5, 0.6) is 0 Å². The van der Waals surface area contributed by atoms with Crippen molar-refractivity contribution in [3.05, 3.63) is 41.0 Å². The molecule has 20 heavy (non-hydrogen) atoms. The SMILES string of the molecule is N[C@H]1CCCC[C@@H]1C1=C(O)c2ccccc2C(=O)C1=O. The molecule has 0 heterocycles. The molecule has 0 saturated heterocycles. The van der Waals surface area contributed by atoms with Crippen molar-refractivity contribution in [2.75, 3.05) is 0 Å². The van der Waals surface area contributed by atoms with E-state index < -0.39 is 11.6 Å². The van der Waals surface area contributed by atoms with E-state index in [1.54, 1.807) is 24.3 Å². The number of fused-ring (bicyclic) bond motifs is 1.